The van der Waals surface area contributed by atoms with Crippen molar-refractivity contribution in [2.45, 2.75) is 34.2 Å². The zero-order valence-corrected chi connectivity index (χ0v) is 18.2. The number of nitrogens with zero attached hydrogens (tertiary/aromatic N) is 4. The smallest absolute Gasteiger partial charge is 0.332 e. The zero-order chi connectivity index (χ0) is 22.3. The van der Waals surface area contributed by atoms with Crippen molar-refractivity contribution < 1.29 is 9.15 Å². The van der Waals surface area contributed by atoms with Gasteiger partial charge in [-0.15, -0.1) is 0 Å². The molecule has 160 valence electrons. The van der Waals surface area contributed by atoms with Crippen LogP contribution in [-0.2, 0) is 13.6 Å². The summed E-state index contributed by atoms with van der Waals surface area (Å²) in [7, 11) is 1.62. The standard InChI is InChI=1S/C23H24N4O4/c1-6-30-17-9-7-16(8-10-17)21-25-18(15(4)31-21)12-27-22(28)19-13(2)11-14(3)24-20(19)26(5)23(27)29/h7-11H,6,12H2,1-5H3. The molecular formula is C23H24N4O4. The molecule has 0 aliphatic rings. The second kappa shape index (κ2) is 7.86. The Kier molecular flexibility index (Phi) is 5.22. The summed E-state index contributed by atoms with van der Waals surface area (Å²) in [6.07, 6.45) is 0. The second-order valence-electron chi connectivity index (χ2n) is 7.49. The Morgan fingerprint density at radius 1 is 1.06 bits per heavy atom. The molecule has 0 spiro atoms. The van der Waals surface area contributed by atoms with E-state index in [9.17, 15) is 9.59 Å². The Morgan fingerprint density at radius 3 is 2.45 bits per heavy atom. The molecule has 0 saturated carbocycles. The number of aromatic nitrogens is 4. The highest BCUT2D eigenvalue weighted by Gasteiger charge is 2.18. The number of hydrogen-bond donors (Lipinski definition) is 0. The lowest BCUT2D eigenvalue weighted by Gasteiger charge is -2.11. The number of fused-ring (bicyclic) bond motifs is 1. The molecule has 0 unspecified atom stereocenters. The van der Waals surface area contributed by atoms with Gasteiger partial charge in [-0.2, -0.15) is 0 Å². The van der Waals surface area contributed by atoms with Gasteiger partial charge in [0.05, 0.1) is 18.5 Å². The second-order valence-corrected chi connectivity index (χ2v) is 7.49. The van der Waals surface area contributed by atoms with E-state index < -0.39 is 5.69 Å². The van der Waals surface area contributed by atoms with Crippen LogP contribution in [0.1, 0.15) is 29.6 Å². The number of ether oxygens (including phenoxy) is 1. The summed E-state index contributed by atoms with van der Waals surface area (Å²) < 4.78 is 13.9. The van der Waals surface area contributed by atoms with Gasteiger partial charge in [-0.05, 0) is 63.6 Å². The largest absolute Gasteiger partial charge is 0.494 e. The molecule has 3 aromatic heterocycles. The molecule has 31 heavy (non-hydrogen) atoms. The fourth-order valence-electron chi connectivity index (χ4n) is 3.67. The molecule has 0 aliphatic carbocycles. The molecule has 0 bridgehead atoms. The van der Waals surface area contributed by atoms with Crippen LogP contribution in [0, 0.1) is 20.8 Å². The van der Waals surface area contributed by atoms with Gasteiger partial charge >= 0.3 is 5.69 Å². The number of rotatable bonds is 5. The van der Waals surface area contributed by atoms with Crippen LogP contribution in [0.5, 0.6) is 5.75 Å². The predicted octanol–water partition coefficient (Wildman–Crippen LogP) is 3.12. The van der Waals surface area contributed by atoms with Crippen LogP contribution in [-0.4, -0.2) is 25.7 Å². The minimum atomic E-state index is -0.444. The van der Waals surface area contributed by atoms with Gasteiger partial charge in [-0.25, -0.2) is 14.8 Å². The first kappa shape index (κ1) is 20.6. The SMILES string of the molecule is CCOc1ccc(-c2nc(Cn3c(=O)c4c(C)cc(C)nc4n(C)c3=O)c(C)o2)cc1. The van der Waals surface area contributed by atoms with Crippen molar-refractivity contribution in [3.8, 4) is 17.2 Å². The third-order valence-corrected chi connectivity index (χ3v) is 5.23. The molecule has 0 N–H and O–H groups in total. The van der Waals surface area contributed by atoms with E-state index >= 15 is 0 Å². The van der Waals surface area contributed by atoms with Crippen molar-refractivity contribution in [2.24, 2.45) is 7.05 Å². The van der Waals surface area contributed by atoms with Gasteiger partial charge in [0, 0.05) is 18.3 Å². The fraction of sp³-hybridized carbons (Fsp3) is 0.304. The molecule has 1 aromatic carbocycles. The van der Waals surface area contributed by atoms with Crippen LogP contribution in [0.15, 0.2) is 44.3 Å². The zero-order valence-electron chi connectivity index (χ0n) is 18.2. The third kappa shape index (κ3) is 3.65. The van der Waals surface area contributed by atoms with Crippen LogP contribution >= 0.6 is 0 Å². The summed E-state index contributed by atoms with van der Waals surface area (Å²) in [5, 5.41) is 0.431. The van der Waals surface area contributed by atoms with Gasteiger partial charge in [-0.1, -0.05) is 0 Å². The third-order valence-electron chi connectivity index (χ3n) is 5.23. The number of hydrogen-bond acceptors (Lipinski definition) is 6. The lowest BCUT2D eigenvalue weighted by molar-refractivity contribution is 0.340. The maximum atomic E-state index is 13.2. The lowest BCUT2D eigenvalue weighted by Crippen LogP contribution is -2.40. The maximum Gasteiger partial charge on any atom is 0.332 e. The van der Waals surface area contributed by atoms with Crippen LogP contribution in [0.4, 0.5) is 0 Å². The molecule has 0 fully saturated rings. The molecule has 0 aliphatic heterocycles. The molecule has 4 rings (SSSR count). The molecular weight excluding hydrogens is 396 g/mol. The minimum Gasteiger partial charge on any atom is -0.494 e. The van der Waals surface area contributed by atoms with Crippen LogP contribution in [0.25, 0.3) is 22.5 Å². The van der Waals surface area contributed by atoms with Crippen LogP contribution in [0.2, 0.25) is 0 Å². The summed E-state index contributed by atoms with van der Waals surface area (Å²) in [4.78, 5) is 35.0. The molecule has 0 atom stereocenters. The van der Waals surface area contributed by atoms with Crippen molar-refractivity contribution in [3.63, 3.8) is 0 Å². The summed E-state index contributed by atoms with van der Waals surface area (Å²) in [6.45, 7) is 7.98. The highest BCUT2D eigenvalue weighted by atomic mass is 16.5. The fourth-order valence-corrected chi connectivity index (χ4v) is 3.67. The van der Waals surface area contributed by atoms with Gasteiger partial charge in [0.15, 0.2) is 0 Å². The quantitative estimate of drug-likeness (QED) is 0.493. The first-order valence-corrected chi connectivity index (χ1v) is 10.1. The maximum absolute atomic E-state index is 13.2. The minimum absolute atomic E-state index is 0.0150. The highest BCUT2D eigenvalue weighted by molar-refractivity contribution is 5.78. The number of aryl methyl sites for hydroxylation is 4. The van der Waals surface area contributed by atoms with Gasteiger partial charge in [0.1, 0.15) is 22.9 Å². The van der Waals surface area contributed by atoms with Crippen LogP contribution < -0.4 is 16.0 Å². The first-order chi connectivity index (χ1) is 14.8. The summed E-state index contributed by atoms with van der Waals surface area (Å²) in [5.41, 5.74) is 2.41. The molecule has 0 radical (unpaired) electrons. The van der Waals surface area contributed by atoms with E-state index in [4.69, 9.17) is 9.15 Å². The van der Waals surface area contributed by atoms with Crippen molar-refractivity contribution in [2.75, 3.05) is 6.61 Å². The predicted molar refractivity (Wildman–Crippen MR) is 118 cm³/mol. The van der Waals surface area contributed by atoms with Crippen molar-refractivity contribution in [1.82, 2.24) is 19.1 Å². The lowest BCUT2D eigenvalue weighted by atomic mass is 10.1. The van der Waals surface area contributed by atoms with E-state index in [0.29, 0.717) is 35.0 Å². The first-order valence-electron chi connectivity index (χ1n) is 10.1. The number of pyridine rings is 1. The molecule has 4 aromatic rings. The average Bonchev–Trinajstić information content (AvgIpc) is 3.10. The molecule has 3 heterocycles. The Hall–Kier alpha value is -3.68. The van der Waals surface area contributed by atoms with Crippen molar-refractivity contribution in [3.05, 3.63) is 73.9 Å². The van der Waals surface area contributed by atoms with Gasteiger partial charge < -0.3 is 9.15 Å². The summed E-state index contributed by atoms with van der Waals surface area (Å²) in [5.74, 6) is 1.74. The number of benzene rings is 1. The monoisotopic (exact) mass is 420 g/mol. The normalized spacial score (nSPS) is 11.3. The van der Waals surface area contributed by atoms with Crippen LogP contribution in [0.3, 0.4) is 0 Å². The Labute approximate surface area is 178 Å². The molecule has 0 saturated heterocycles. The van der Waals surface area contributed by atoms with Gasteiger partial charge in [0.2, 0.25) is 5.89 Å². The van der Waals surface area contributed by atoms with E-state index in [1.165, 1.54) is 9.13 Å². The average molecular weight is 420 g/mol. The Morgan fingerprint density at radius 2 is 1.77 bits per heavy atom. The van der Waals surface area contributed by atoms with E-state index in [1.807, 2.05) is 51.1 Å². The van der Waals surface area contributed by atoms with E-state index in [1.54, 1.807) is 14.0 Å². The summed E-state index contributed by atoms with van der Waals surface area (Å²) >= 11 is 0. The summed E-state index contributed by atoms with van der Waals surface area (Å²) in [6, 6.07) is 9.25. The highest BCUT2D eigenvalue weighted by Crippen LogP contribution is 2.24. The topological polar surface area (TPSA) is 92.2 Å². The molecule has 8 heteroatoms. The van der Waals surface area contributed by atoms with Gasteiger partial charge in [0.25, 0.3) is 5.56 Å². The van der Waals surface area contributed by atoms with E-state index in [-0.39, 0.29) is 12.1 Å². The van der Waals surface area contributed by atoms with Crippen molar-refractivity contribution >= 4 is 11.0 Å². The molecule has 8 nitrogen and oxygen atoms in total. The Bertz CT molecular complexity index is 1390. The van der Waals surface area contributed by atoms with E-state index in [0.717, 1.165) is 22.6 Å². The van der Waals surface area contributed by atoms with Crippen molar-refractivity contribution in [1.29, 1.82) is 0 Å². The Balaban J connectivity index is 1.77. The molecule has 0 amide bonds. The van der Waals surface area contributed by atoms with E-state index in [2.05, 4.69) is 9.97 Å². The van der Waals surface area contributed by atoms with Gasteiger partial charge in [-0.3, -0.25) is 13.9 Å². The number of oxazole rings is 1.